The Labute approximate surface area is 83.9 Å². The normalized spacial score (nSPS) is 19.6. The number of Topliss-reactive ketones (excluding diaryl/α,β-unsaturated/α-hetero) is 1. The Morgan fingerprint density at radius 1 is 1.43 bits per heavy atom. The number of fused-ring (bicyclic) bond motifs is 1. The van der Waals surface area contributed by atoms with E-state index in [4.69, 9.17) is 4.74 Å². The van der Waals surface area contributed by atoms with Gasteiger partial charge in [0, 0.05) is 12.0 Å². The van der Waals surface area contributed by atoms with Crippen LogP contribution in [-0.2, 0) is 0 Å². The molecule has 0 N–H and O–H groups in total. The average Bonchev–Trinajstić information content (AvgIpc) is 2.41. The first-order valence-electron chi connectivity index (χ1n) is 4.85. The summed E-state index contributed by atoms with van der Waals surface area (Å²) in [6.07, 6.45) is 0.641. The average molecular weight is 190 g/mol. The quantitative estimate of drug-likeness (QED) is 0.680. The maximum atomic E-state index is 11.6. The summed E-state index contributed by atoms with van der Waals surface area (Å²) in [5.74, 6) is 1.42. The van der Waals surface area contributed by atoms with Gasteiger partial charge < -0.3 is 4.74 Å². The zero-order chi connectivity index (χ0) is 10.3. The fourth-order valence-electron chi connectivity index (χ4n) is 2.08. The van der Waals surface area contributed by atoms with Gasteiger partial charge in [-0.3, -0.25) is 4.79 Å². The lowest BCUT2D eigenvalue weighted by atomic mass is 10.0. The van der Waals surface area contributed by atoms with E-state index in [-0.39, 0.29) is 5.78 Å². The maximum absolute atomic E-state index is 11.6. The van der Waals surface area contributed by atoms with E-state index >= 15 is 0 Å². The second-order valence-corrected chi connectivity index (χ2v) is 3.94. The van der Waals surface area contributed by atoms with Gasteiger partial charge in [-0.2, -0.15) is 0 Å². The molecule has 0 bridgehead atoms. The summed E-state index contributed by atoms with van der Waals surface area (Å²) in [6.45, 7) is 4.10. The predicted molar refractivity (Wildman–Crippen MR) is 55.1 cm³/mol. The number of hydrogen-bond donors (Lipinski definition) is 0. The van der Waals surface area contributed by atoms with Gasteiger partial charge in [0.25, 0.3) is 0 Å². The van der Waals surface area contributed by atoms with Gasteiger partial charge in [0.2, 0.25) is 0 Å². The number of rotatable bonds is 1. The molecule has 0 saturated heterocycles. The molecule has 1 atom stereocenters. The van der Waals surface area contributed by atoms with Crippen molar-refractivity contribution in [2.24, 2.45) is 0 Å². The monoisotopic (exact) mass is 190 g/mol. The lowest BCUT2D eigenvalue weighted by Gasteiger charge is -2.08. The molecule has 0 fully saturated rings. The molecule has 0 heterocycles. The molecule has 0 radical (unpaired) electrons. The van der Waals surface area contributed by atoms with Crippen LogP contribution >= 0.6 is 0 Å². The third-order valence-corrected chi connectivity index (χ3v) is 2.89. The van der Waals surface area contributed by atoms with Crippen LogP contribution in [0.2, 0.25) is 0 Å². The van der Waals surface area contributed by atoms with E-state index in [9.17, 15) is 4.79 Å². The first-order valence-corrected chi connectivity index (χ1v) is 4.85. The van der Waals surface area contributed by atoms with Crippen molar-refractivity contribution in [2.45, 2.75) is 26.2 Å². The summed E-state index contributed by atoms with van der Waals surface area (Å²) in [4.78, 5) is 11.6. The fourth-order valence-corrected chi connectivity index (χ4v) is 2.08. The molecule has 1 aromatic rings. The molecular formula is C12H14O2. The Morgan fingerprint density at radius 3 is 2.79 bits per heavy atom. The van der Waals surface area contributed by atoms with Crippen molar-refractivity contribution in [1.29, 1.82) is 0 Å². The van der Waals surface area contributed by atoms with Gasteiger partial charge in [0.05, 0.1) is 7.11 Å². The molecule has 2 nitrogen and oxygen atoms in total. The third kappa shape index (κ3) is 1.22. The van der Waals surface area contributed by atoms with Crippen LogP contribution in [-0.4, -0.2) is 12.9 Å². The second-order valence-electron chi connectivity index (χ2n) is 3.94. The zero-order valence-corrected chi connectivity index (χ0v) is 8.76. The third-order valence-electron chi connectivity index (χ3n) is 2.89. The van der Waals surface area contributed by atoms with E-state index in [1.165, 1.54) is 5.56 Å². The molecule has 0 spiro atoms. The van der Waals surface area contributed by atoms with E-state index in [0.717, 1.165) is 16.9 Å². The molecule has 0 aromatic heterocycles. The molecule has 0 saturated carbocycles. The second kappa shape index (κ2) is 3.12. The molecule has 2 heteroatoms. The van der Waals surface area contributed by atoms with Crippen molar-refractivity contribution in [2.75, 3.05) is 7.11 Å². The first kappa shape index (κ1) is 9.25. The maximum Gasteiger partial charge on any atom is 0.163 e. The number of ketones is 1. The van der Waals surface area contributed by atoms with Gasteiger partial charge in [0.1, 0.15) is 5.75 Å². The van der Waals surface area contributed by atoms with Crippen molar-refractivity contribution in [3.05, 3.63) is 28.8 Å². The van der Waals surface area contributed by atoms with Crippen molar-refractivity contribution >= 4 is 5.78 Å². The lowest BCUT2D eigenvalue weighted by Crippen LogP contribution is -1.95. The molecule has 1 aliphatic carbocycles. The molecular weight excluding hydrogens is 176 g/mol. The molecule has 1 aliphatic rings. The van der Waals surface area contributed by atoms with Crippen LogP contribution in [0.25, 0.3) is 0 Å². The predicted octanol–water partition coefficient (Wildman–Crippen LogP) is 2.69. The van der Waals surface area contributed by atoms with Crippen LogP contribution in [0.5, 0.6) is 5.75 Å². The Balaban J connectivity index is 2.60. The van der Waals surface area contributed by atoms with Crippen LogP contribution in [0.4, 0.5) is 0 Å². The summed E-state index contributed by atoms with van der Waals surface area (Å²) in [7, 11) is 1.64. The number of carbonyl (C=O) groups is 1. The standard InChI is InChI=1S/C12H14O2/c1-7-5-11(13)10-6-12(14-3)8(2)4-9(7)10/h4,6-7H,5H2,1-3H3. The number of carbonyl (C=O) groups excluding carboxylic acids is 1. The minimum Gasteiger partial charge on any atom is -0.496 e. The van der Waals surface area contributed by atoms with E-state index in [0.29, 0.717) is 12.3 Å². The Bertz CT molecular complexity index is 394. The summed E-state index contributed by atoms with van der Waals surface area (Å²) < 4.78 is 5.20. The smallest absolute Gasteiger partial charge is 0.163 e. The van der Waals surface area contributed by atoms with Crippen LogP contribution in [0.1, 0.15) is 40.7 Å². The number of benzene rings is 1. The molecule has 1 aromatic carbocycles. The highest BCUT2D eigenvalue weighted by Crippen LogP contribution is 2.36. The summed E-state index contributed by atoms with van der Waals surface area (Å²) in [5.41, 5.74) is 3.13. The highest BCUT2D eigenvalue weighted by molar-refractivity contribution is 6.01. The summed E-state index contributed by atoms with van der Waals surface area (Å²) >= 11 is 0. The molecule has 14 heavy (non-hydrogen) atoms. The Morgan fingerprint density at radius 2 is 2.14 bits per heavy atom. The van der Waals surface area contributed by atoms with E-state index < -0.39 is 0 Å². The van der Waals surface area contributed by atoms with Crippen LogP contribution in [0.3, 0.4) is 0 Å². The topological polar surface area (TPSA) is 26.3 Å². The van der Waals surface area contributed by atoms with Crippen LogP contribution in [0.15, 0.2) is 12.1 Å². The lowest BCUT2D eigenvalue weighted by molar-refractivity contribution is 0.0990. The SMILES string of the molecule is COc1cc2c(cc1C)C(C)CC2=O. The van der Waals surface area contributed by atoms with Crippen molar-refractivity contribution < 1.29 is 9.53 Å². The molecule has 2 rings (SSSR count). The Hall–Kier alpha value is -1.31. The Kier molecular flexibility index (Phi) is 2.06. The highest BCUT2D eigenvalue weighted by atomic mass is 16.5. The van der Waals surface area contributed by atoms with Gasteiger partial charge in [-0.05, 0) is 30.0 Å². The van der Waals surface area contributed by atoms with Crippen molar-refractivity contribution in [1.82, 2.24) is 0 Å². The first-order chi connectivity index (χ1) is 6.63. The molecule has 1 unspecified atom stereocenters. The van der Waals surface area contributed by atoms with Gasteiger partial charge in [-0.1, -0.05) is 13.0 Å². The van der Waals surface area contributed by atoms with Gasteiger partial charge in [0.15, 0.2) is 5.78 Å². The number of hydrogen-bond acceptors (Lipinski definition) is 2. The van der Waals surface area contributed by atoms with Crippen LogP contribution in [0, 0.1) is 6.92 Å². The zero-order valence-electron chi connectivity index (χ0n) is 8.76. The van der Waals surface area contributed by atoms with Gasteiger partial charge in [-0.15, -0.1) is 0 Å². The van der Waals surface area contributed by atoms with Crippen molar-refractivity contribution in [3.8, 4) is 5.75 Å². The fraction of sp³-hybridized carbons (Fsp3) is 0.417. The summed E-state index contributed by atoms with van der Waals surface area (Å²) in [6, 6.07) is 3.94. The number of methoxy groups -OCH3 is 1. The minimum absolute atomic E-state index is 0.241. The molecule has 0 aliphatic heterocycles. The van der Waals surface area contributed by atoms with E-state index in [1.807, 2.05) is 13.0 Å². The van der Waals surface area contributed by atoms with Crippen molar-refractivity contribution in [3.63, 3.8) is 0 Å². The largest absolute Gasteiger partial charge is 0.496 e. The summed E-state index contributed by atoms with van der Waals surface area (Å²) in [5, 5.41) is 0. The molecule has 0 amide bonds. The van der Waals surface area contributed by atoms with E-state index in [2.05, 4.69) is 13.0 Å². The van der Waals surface area contributed by atoms with Gasteiger partial charge in [-0.25, -0.2) is 0 Å². The highest BCUT2D eigenvalue weighted by Gasteiger charge is 2.27. The van der Waals surface area contributed by atoms with Gasteiger partial charge >= 0.3 is 0 Å². The number of ether oxygens (including phenoxy) is 1. The van der Waals surface area contributed by atoms with Crippen LogP contribution < -0.4 is 4.74 Å². The van der Waals surface area contributed by atoms with E-state index in [1.54, 1.807) is 7.11 Å². The minimum atomic E-state index is 0.241. The number of aryl methyl sites for hydroxylation is 1. The molecule has 74 valence electrons.